The van der Waals surface area contributed by atoms with Gasteiger partial charge in [-0.05, 0) is 38.0 Å². The number of hydrogen-bond donors (Lipinski definition) is 1. The number of amides is 1. The average molecular weight is 366 g/mol. The zero-order chi connectivity index (χ0) is 18.7. The number of thioether (sulfide) groups is 1. The van der Waals surface area contributed by atoms with E-state index in [0.717, 1.165) is 33.4 Å². The first-order valence-electron chi connectivity index (χ1n) is 8.46. The lowest BCUT2D eigenvalue weighted by molar-refractivity contribution is -0.115. The number of benzene rings is 2. The maximum atomic E-state index is 12.5. The second-order valence-corrected chi connectivity index (χ2v) is 7.55. The van der Waals surface area contributed by atoms with Gasteiger partial charge in [-0.15, -0.1) is 10.2 Å². The molecule has 0 saturated carbocycles. The van der Waals surface area contributed by atoms with Crippen molar-refractivity contribution in [3.05, 3.63) is 59.7 Å². The number of carbonyl (C=O) groups excluding carboxylic acids is 1. The van der Waals surface area contributed by atoms with Gasteiger partial charge in [0.1, 0.15) is 0 Å². The highest BCUT2D eigenvalue weighted by molar-refractivity contribution is 8.00. The largest absolute Gasteiger partial charge is 0.325 e. The van der Waals surface area contributed by atoms with Crippen LogP contribution >= 0.6 is 11.8 Å². The van der Waals surface area contributed by atoms with Gasteiger partial charge in [0, 0.05) is 18.3 Å². The van der Waals surface area contributed by atoms with E-state index in [0.29, 0.717) is 0 Å². The molecule has 0 saturated heterocycles. The minimum absolute atomic E-state index is 0.0512. The highest BCUT2D eigenvalue weighted by Crippen LogP contribution is 2.28. The molecule has 1 aromatic heterocycles. The Hall–Kier alpha value is -2.60. The van der Waals surface area contributed by atoms with Crippen molar-refractivity contribution in [2.45, 2.75) is 31.2 Å². The van der Waals surface area contributed by atoms with Gasteiger partial charge in [-0.1, -0.05) is 54.2 Å². The van der Waals surface area contributed by atoms with Gasteiger partial charge in [0.25, 0.3) is 0 Å². The number of aromatic nitrogens is 3. The molecular weight excluding hydrogens is 344 g/mol. The zero-order valence-electron chi connectivity index (χ0n) is 15.4. The first kappa shape index (κ1) is 18.2. The topological polar surface area (TPSA) is 59.8 Å². The summed E-state index contributed by atoms with van der Waals surface area (Å²) in [6.45, 7) is 5.90. The number of para-hydroxylation sites is 1. The summed E-state index contributed by atoms with van der Waals surface area (Å²) in [5.74, 6) is 0.752. The van der Waals surface area contributed by atoms with Crippen LogP contribution in [0.5, 0.6) is 0 Å². The molecule has 1 amide bonds. The first-order chi connectivity index (χ1) is 12.5. The average Bonchev–Trinajstić information content (AvgIpc) is 2.98. The van der Waals surface area contributed by atoms with Gasteiger partial charge in [0.15, 0.2) is 11.0 Å². The maximum absolute atomic E-state index is 12.5. The normalized spacial score (nSPS) is 12.0. The Labute approximate surface area is 157 Å². The second kappa shape index (κ2) is 7.74. The van der Waals surface area contributed by atoms with Crippen LogP contribution in [0.1, 0.15) is 18.1 Å². The lowest BCUT2D eigenvalue weighted by atomic mass is 10.1. The molecule has 3 aromatic rings. The molecular formula is C20H22N4OS. The molecule has 0 aliphatic carbocycles. The Morgan fingerprint density at radius 3 is 2.38 bits per heavy atom. The van der Waals surface area contributed by atoms with Gasteiger partial charge in [0.05, 0.1) is 5.25 Å². The zero-order valence-corrected chi connectivity index (χ0v) is 16.2. The van der Waals surface area contributed by atoms with Gasteiger partial charge < -0.3 is 9.88 Å². The summed E-state index contributed by atoms with van der Waals surface area (Å²) >= 11 is 1.40. The molecule has 0 aliphatic rings. The minimum atomic E-state index is -0.290. The lowest BCUT2D eigenvalue weighted by Crippen LogP contribution is -2.23. The molecule has 134 valence electrons. The van der Waals surface area contributed by atoms with E-state index >= 15 is 0 Å². The molecule has 0 fully saturated rings. The first-order valence-corrected chi connectivity index (χ1v) is 9.34. The minimum Gasteiger partial charge on any atom is -0.325 e. The van der Waals surface area contributed by atoms with Crippen molar-refractivity contribution in [1.29, 1.82) is 0 Å². The molecule has 0 radical (unpaired) electrons. The van der Waals surface area contributed by atoms with Crippen molar-refractivity contribution < 1.29 is 4.79 Å². The van der Waals surface area contributed by atoms with E-state index in [-0.39, 0.29) is 11.2 Å². The summed E-state index contributed by atoms with van der Waals surface area (Å²) in [6, 6.07) is 15.8. The van der Waals surface area contributed by atoms with E-state index in [9.17, 15) is 4.79 Å². The van der Waals surface area contributed by atoms with Gasteiger partial charge in [-0.3, -0.25) is 4.79 Å². The number of hydrogen-bond acceptors (Lipinski definition) is 4. The number of rotatable bonds is 5. The monoisotopic (exact) mass is 366 g/mol. The number of carbonyl (C=O) groups is 1. The maximum Gasteiger partial charge on any atom is 0.237 e. The summed E-state index contributed by atoms with van der Waals surface area (Å²) in [6.07, 6.45) is 0. The van der Waals surface area contributed by atoms with Crippen LogP contribution in [0.2, 0.25) is 0 Å². The molecule has 0 spiro atoms. The second-order valence-electron chi connectivity index (χ2n) is 6.24. The van der Waals surface area contributed by atoms with E-state index in [4.69, 9.17) is 0 Å². The van der Waals surface area contributed by atoms with Crippen molar-refractivity contribution >= 4 is 23.4 Å². The molecule has 0 bridgehead atoms. The fourth-order valence-electron chi connectivity index (χ4n) is 2.63. The quantitative estimate of drug-likeness (QED) is 0.687. The van der Waals surface area contributed by atoms with Crippen LogP contribution in [-0.2, 0) is 11.8 Å². The smallest absolute Gasteiger partial charge is 0.237 e. The van der Waals surface area contributed by atoms with Crippen LogP contribution in [0, 0.1) is 13.8 Å². The van der Waals surface area contributed by atoms with Gasteiger partial charge in [-0.25, -0.2) is 0 Å². The van der Waals surface area contributed by atoms with Crippen LogP contribution in [0.4, 0.5) is 5.69 Å². The molecule has 2 aromatic carbocycles. The van der Waals surface area contributed by atoms with Crippen LogP contribution < -0.4 is 5.32 Å². The summed E-state index contributed by atoms with van der Waals surface area (Å²) in [5, 5.41) is 12.0. The predicted octanol–water partition coefficient (Wildman–Crippen LogP) is 4.22. The molecule has 5 nitrogen and oxygen atoms in total. The Morgan fingerprint density at radius 2 is 1.69 bits per heavy atom. The third kappa shape index (κ3) is 3.80. The molecule has 1 heterocycles. The Kier molecular flexibility index (Phi) is 5.42. The number of aryl methyl sites for hydroxylation is 2. The standard InChI is InChI=1S/C20H22N4OS/c1-13-9-5-7-11-16(13)18-22-23-20(24(18)4)26-15(3)19(25)21-17-12-8-6-10-14(17)2/h5-12,15H,1-4H3,(H,21,25)/t15-/m1/s1. The third-order valence-electron chi connectivity index (χ3n) is 4.28. The molecule has 1 N–H and O–H groups in total. The lowest BCUT2D eigenvalue weighted by Gasteiger charge is -2.13. The summed E-state index contributed by atoms with van der Waals surface area (Å²) in [7, 11) is 1.93. The number of nitrogens with zero attached hydrogens (tertiary/aromatic N) is 3. The SMILES string of the molecule is Cc1ccccc1NC(=O)[C@@H](C)Sc1nnc(-c2ccccc2C)n1C. The van der Waals surface area contributed by atoms with Gasteiger partial charge in [0.2, 0.25) is 5.91 Å². The van der Waals surface area contributed by atoms with Crippen LogP contribution in [0.25, 0.3) is 11.4 Å². The van der Waals surface area contributed by atoms with E-state index in [1.807, 2.05) is 67.9 Å². The Balaban J connectivity index is 1.74. The van der Waals surface area contributed by atoms with E-state index in [1.54, 1.807) is 0 Å². The van der Waals surface area contributed by atoms with Crippen molar-refractivity contribution in [3.63, 3.8) is 0 Å². The summed E-state index contributed by atoms with van der Waals surface area (Å²) in [4.78, 5) is 12.5. The molecule has 0 aliphatic heterocycles. The molecule has 6 heteroatoms. The fraction of sp³-hybridized carbons (Fsp3) is 0.250. The van der Waals surface area contributed by atoms with E-state index < -0.39 is 0 Å². The summed E-state index contributed by atoms with van der Waals surface area (Å²) in [5.41, 5.74) is 4.07. The highest BCUT2D eigenvalue weighted by Gasteiger charge is 2.20. The van der Waals surface area contributed by atoms with Crippen molar-refractivity contribution in [2.75, 3.05) is 5.32 Å². The number of anilines is 1. The molecule has 3 rings (SSSR count). The van der Waals surface area contributed by atoms with Crippen molar-refractivity contribution in [1.82, 2.24) is 14.8 Å². The van der Waals surface area contributed by atoms with Crippen molar-refractivity contribution in [3.8, 4) is 11.4 Å². The van der Waals surface area contributed by atoms with Crippen LogP contribution in [-0.4, -0.2) is 25.9 Å². The van der Waals surface area contributed by atoms with Gasteiger partial charge in [-0.2, -0.15) is 0 Å². The van der Waals surface area contributed by atoms with Crippen LogP contribution in [0.15, 0.2) is 53.7 Å². The third-order valence-corrected chi connectivity index (χ3v) is 5.41. The Bertz CT molecular complexity index is 935. The van der Waals surface area contributed by atoms with Crippen molar-refractivity contribution in [2.24, 2.45) is 7.05 Å². The molecule has 1 atom stereocenters. The van der Waals surface area contributed by atoms with E-state index in [1.165, 1.54) is 11.8 Å². The van der Waals surface area contributed by atoms with Crippen LogP contribution in [0.3, 0.4) is 0 Å². The van der Waals surface area contributed by atoms with E-state index in [2.05, 4.69) is 28.5 Å². The molecule has 26 heavy (non-hydrogen) atoms. The fourth-order valence-corrected chi connectivity index (χ4v) is 3.45. The predicted molar refractivity (Wildman–Crippen MR) is 106 cm³/mol. The molecule has 0 unspecified atom stereocenters. The highest BCUT2D eigenvalue weighted by atomic mass is 32.2. The van der Waals surface area contributed by atoms with Gasteiger partial charge >= 0.3 is 0 Å². The summed E-state index contributed by atoms with van der Waals surface area (Å²) < 4.78 is 1.94. The Morgan fingerprint density at radius 1 is 1.04 bits per heavy atom. The number of nitrogens with one attached hydrogen (secondary N) is 1.